The van der Waals surface area contributed by atoms with Crippen LogP contribution in [0.1, 0.15) is 17.2 Å². The van der Waals surface area contributed by atoms with Gasteiger partial charge in [-0.15, -0.1) is 0 Å². The molecule has 1 aromatic carbocycles. The van der Waals surface area contributed by atoms with E-state index in [1.54, 1.807) is 24.3 Å². The van der Waals surface area contributed by atoms with Crippen molar-refractivity contribution in [3.8, 4) is 0 Å². The quantitative estimate of drug-likeness (QED) is 0.899. The van der Waals surface area contributed by atoms with Crippen LogP contribution in [0.4, 0.5) is 19.0 Å². The van der Waals surface area contributed by atoms with Gasteiger partial charge in [0.1, 0.15) is 5.82 Å². The second-order valence-corrected chi connectivity index (χ2v) is 4.75. The number of nitrogens with zero attached hydrogens (tertiary/aromatic N) is 1. The number of aromatic nitrogens is 1. The minimum absolute atomic E-state index is 0.0903. The summed E-state index contributed by atoms with van der Waals surface area (Å²) in [5.41, 5.74) is -0.143. The predicted octanol–water partition coefficient (Wildman–Crippen LogP) is 3.90. The number of halogens is 4. The van der Waals surface area contributed by atoms with Crippen LogP contribution in [-0.4, -0.2) is 16.7 Å². The van der Waals surface area contributed by atoms with Crippen LogP contribution in [0.2, 0.25) is 5.02 Å². The second kappa shape index (κ2) is 6.32. The Bertz CT molecular complexity index is 605. The SMILES string of the molecule is OCC(Nc1ncc(C(F)(F)F)cc1Cl)c1ccccc1. The number of hydrogen-bond donors (Lipinski definition) is 2. The number of pyridine rings is 1. The molecule has 1 heterocycles. The van der Waals surface area contributed by atoms with Crippen LogP contribution in [0.25, 0.3) is 0 Å². The lowest BCUT2D eigenvalue weighted by Gasteiger charge is -2.18. The van der Waals surface area contributed by atoms with Crippen LogP contribution >= 0.6 is 11.6 Å². The van der Waals surface area contributed by atoms with Crippen molar-refractivity contribution >= 4 is 17.4 Å². The lowest BCUT2D eigenvalue weighted by Crippen LogP contribution is -2.16. The number of alkyl halides is 3. The largest absolute Gasteiger partial charge is 0.417 e. The van der Waals surface area contributed by atoms with Crippen LogP contribution in [0.3, 0.4) is 0 Å². The minimum Gasteiger partial charge on any atom is -0.394 e. The Morgan fingerprint density at radius 1 is 1.24 bits per heavy atom. The standard InChI is InChI=1S/C14H12ClF3N2O/c15-11-6-10(14(16,17)18)7-19-13(11)20-12(8-21)9-4-2-1-3-5-9/h1-7,12,21H,8H2,(H,19,20). The van der Waals surface area contributed by atoms with Gasteiger partial charge in [-0.1, -0.05) is 41.9 Å². The molecule has 2 aromatic rings. The van der Waals surface area contributed by atoms with Gasteiger partial charge in [0.15, 0.2) is 0 Å². The molecule has 0 saturated heterocycles. The highest BCUT2D eigenvalue weighted by molar-refractivity contribution is 6.33. The Kier molecular flexibility index (Phi) is 4.69. The molecule has 1 unspecified atom stereocenters. The van der Waals surface area contributed by atoms with Gasteiger partial charge < -0.3 is 10.4 Å². The zero-order chi connectivity index (χ0) is 15.5. The molecule has 21 heavy (non-hydrogen) atoms. The highest BCUT2D eigenvalue weighted by Crippen LogP contribution is 2.33. The van der Waals surface area contributed by atoms with Gasteiger partial charge in [0.05, 0.1) is 23.2 Å². The van der Waals surface area contributed by atoms with Gasteiger partial charge in [0, 0.05) is 6.20 Å². The van der Waals surface area contributed by atoms with Gasteiger partial charge in [-0.3, -0.25) is 0 Å². The zero-order valence-corrected chi connectivity index (χ0v) is 11.5. The molecule has 0 aliphatic heterocycles. The molecule has 2 rings (SSSR count). The highest BCUT2D eigenvalue weighted by atomic mass is 35.5. The maximum absolute atomic E-state index is 12.5. The molecule has 2 N–H and O–H groups in total. The van der Waals surface area contributed by atoms with Gasteiger partial charge in [-0.05, 0) is 11.6 Å². The summed E-state index contributed by atoms with van der Waals surface area (Å²) in [4.78, 5) is 3.68. The molecule has 1 atom stereocenters. The summed E-state index contributed by atoms with van der Waals surface area (Å²) in [6.45, 7) is -0.247. The smallest absolute Gasteiger partial charge is 0.394 e. The number of aliphatic hydroxyl groups is 1. The van der Waals surface area contributed by atoms with E-state index in [-0.39, 0.29) is 17.4 Å². The van der Waals surface area contributed by atoms with E-state index in [0.717, 1.165) is 11.6 Å². The summed E-state index contributed by atoms with van der Waals surface area (Å²) in [6, 6.07) is 9.27. The fourth-order valence-corrected chi connectivity index (χ4v) is 2.00. The summed E-state index contributed by atoms with van der Waals surface area (Å²) < 4.78 is 37.6. The van der Waals surface area contributed by atoms with Crippen molar-refractivity contribution in [1.82, 2.24) is 4.98 Å². The van der Waals surface area contributed by atoms with Crippen molar-refractivity contribution in [3.63, 3.8) is 0 Å². The summed E-state index contributed by atoms with van der Waals surface area (Å²) >= 11 is 5.82. The summed E-state index contributed by atoms with van der Waals surface area (Å²) in [5, 5.41) is 12.1. The molecular formula is C14H12ClF3N2O. The molecule has 0 fully saturated rings. The van der Waals surface area contributed by atoms with Gasteiger partial charge in [-0.25, -0.2) is 4.98 Å². The van der Waals surface area contributed by atoms with Crippen molar-refractivity contribution in [2.24, 2.45) is 0 Å². The molecule has 0 bridgehead atoms. The Balaban J connectivity index is 2.23. The average Bonchev–Trinajstić information content (AvgIpc) is 2.46. The third-order valence-electron chi connectivity index (χ3n) is 2.86. The van der Waals surface area contributed by atoms with Gasteiger partial charge in [-0.2, -0.15) is 13.2 Å². The molecule has 0 radical (unpaired) electrons. The van der Waals surface area contributed by atoms with Crippen LogP contribution in [0.5, 0.6) is 0 Å². The number of benzene rings is 1. The van der Waals surface area contributed by atoms with Crippen LogP contribution in [-0.2, 0) is 6.18 Å². The van der Waals surface area contributed by atoms with Crippen molar-refractivity contribution < 1.29 is 18.3 Å². The van der Waals surface area contributed by atoms with Gasteiger partial charge in [0.25, 0.3) is 0 Å². The molecule has 3 nitrogen and oxygen atoms in total. The van der Waals surface area contributed by atoms with E-state index in [1.165, 1.54) is 0 Å². The van der Waals surface area contributed by atoms with E-state index < -0.39 is 17.8 Å². The first-order chi connectivity index (χ1) is 9.91. The Labute approximate surface area is 124 Å². The van der Waals surface area contributed by atoms with Crippen molar-refractivity contribution in [1.29, 1.82) is 0 Å². The first-order valence-corrected chi connectivity index (χ1v) is 6.44. The summed E-state index contributed by atoms with van der Waals surface area (Å²) in [6.07, 6.45) is -3.79. The Morgan fingerprint density at radius 3 is 2.43 bits per heavy atom. The lowest BCUT2D eigenvalue weighted by molar-refractivity contribution is -0.137. The number of nitrogens with one attached hydrogen (secondary N) is 1. The van der Waals surface area contributed by atoms with Crippen molar-refractivity contribution in [2.45, 2.75) is 12.2 Å². The van der Waals surface area contributed by atoms with E-state index in [4.69, 9.17) is 11.6 Å². The molecule has 112 valence electrons. The molecular weight excluding hydrogens is 305 g/mol. The summed E-state index contributed by atoms with van der Waals surface area (Å²) in [5.74, 6) is 0.0903. The first kappa shape index (κ1) is 15.6. The zero-order valence-electron chi connectivity index (χ0n) is 10.7. The van der Waals surface area contributed by atoms with Gasteiger partial charge in [0.2, 0.25) is 0 Å². The van der Waals surface area contributed by atoms with E-state index in [9.17, 15) is 18.3 Å². The lowest BCUT2D eigenvalue weighted by atomic mass is 10.1. The minimum atomic E-state index is -4.50. The summed E-state index contributed by atoms with van der Waals surface area (Å²) in [7, 11) is 0. The number of hydrogen-bond acceptors (Lipinski definition) is 3. The first-order valence-electron chi connectivity index (χ1n) is 6.07. The molecule has 0 aliphatic rings. The second-order valence-electron chi connectivity index (χ2n) is 4.34. The highest BCUT2D eigenvalue weighted by Gasteiger charge is 2.31. The third kappa shape index (κ3) is 3.86. The molecule has 1 aromatic heterocycles. The van der Waals surface area contributed by atoms with Crippen LogP contribution in [0, 0.1) is 0 Å². The normalized spacial score (nSPS) is 13.0. The van der Waals surface area contributed by atoms with Crippen molar-refractivity contribution in [2.75, 3.05) is 11.9 Å². The maximum atomic E-state index is 12.5. The molecule has 0 aliphatic carbocycles. The topological polar surface area (TPSA) is 45.1 Å². The van der Waals surface area contributed by atoms with Gasteiger partial charge >= 0.3 is 6.18 Å². The van der Waals surface area contributed by atoms with Crippen LogP contribution < -0.4 is 5.32 Å². The fraction of sp³-hybridized carbons (Fsp3) is 0.214. The van der Waals surface area contributed by atoms with E-state index in [2.05, 4.69) is 10.3 Å². The average molecular weight is 317 g/mol. The Morgan fingerprint density at radius 2 is 1.90 bits per heavy atom. The van der Waals surface area contributed by atoms with E-state index in [1.807, 2.05) is 6.07 Å². The molecule has 7 heteroatoms. The van der Waals surface area contributed by atoms with Crippen LogP contribution in [0.15, 0.2) is 42.6 Å². The Hall–Kier alpha value is -1.79. The predicted molar refractivity (Wildman–Crippen MR) is 74.1 cm³/mol. The number of rotatable bonds is 4. The van der Waals surface area contributed by atoms with E-state index >= 15 is 0 Å². The molecule has 0 saturated carbocycles. The maximum Gasteiger partial charge on any atom is 0.417 e. The number of aliphatic hydroxyl groups excluding tert-OH is 1. The molecule has 0 amide bonds. The van der Waals surface area contributed by atoms with E-state index in [0.29, 0.717) is 6.20 Å². The number of anilines is 1. The fourth-order valence-electron chi connectivity index (χ4n) is 1.78. The third-order valence-corrected chi connectivity index (χ3v) is 3.15. The van der Waals surface area contributed by atoms with Crippen molar-refractivity contribution in [3.05, 3.63) is 58.7 Å². The molecule has 0 spiro atoms. The monoisotopic (exact) mass is 316 g/mol.